The fourth-order valence-electron chi connectivity index (χ4n) is 3.23. The number of hydrogen-bond acceptors (Lipinski definition) is 7. The molecule has 0 saturated heterocycles. The van der Waals surface area contributed by atoms with Crippen LogP contribution in [0.25, 0.3) is 23.0 Å². The average molecular weight is 454 g/mol. The van der Waals surface area contributed by atoms with Crippen LogP contribution in [0.5, 0.6) is 5.75 Å². The Morgan fingerprint density at radius 1 is 1.10 bits per heavy atom. The molecular formula is C20H16BrN5O3. The van der Waals surface area contributed by atoms with E-state index in [0.29, 0.717) is 30.6 Å². The summed E-state index contributed by atoms with van der Waals surface area (Å²) in [5, 5.41) is 12.6. The molecule has 0 aliphatic carbocycles. The zero-order valence-corrected chi connectivity index (χ0v) is 17.0. The van der Waals surface area contributed by atoms with Crippen LogP contribution in [-0.4, -0.2) is 32.2 Å². The van der Waals surface area contributed by atoms with Crippen molar-refractivity contribution in [1.82, 2.24) is 25.1 Å². The normalized spacial score (nSPS) is 15.9. The molecule has 0 fully saturated rings. The Morgan fingerprint density at radius 2 is 1.90 bits per heavy atom. The molecule has 0 bridgehead atoms. The van der Waals surface area contributed by atoms with Crippen molar-refractivity contribution >= 4 is 15.9 Å². The molecule has 146 valence electrons. The number of ether oxygens (including phenoxy) is 2. The van der Waals surface area contributed by atoms with Crippen molar-refractivity contribution < 1.29 is 14.0 Å². The lowest BCUT2D eigenvalue weighted by Crippen LogP contribution is -2.22. The molecule has 0 saturated carbocycles. The molecular weight excluding hydrogens is 438 g/mol. The predicted molar refractivity (Wildman–Crippen MR) is 107 cm³/mol. The smallest absolute Gasteiger partial charge is 0.280 e. The maximum absolute atomic E-state index is 6.05. The number of hydrogen-bond donors (Lipinski definition) is 0. The van der Waals surface area contributed by atoms with Crippen LogP contribution in [0.3, 0.4) is 0 Å². The fourth-order valence-corrected chi connectivity index (χ4v) is 3.50. The van der Waals surface area contributed by atoms with Gasteiger partial charge in [-0.15, -0.1) is 5.10 Å². The lowest BCUT2D eigenvalue weighted by molar-refractivity contribution is -0.00119. The molecule has 0 radical (unpaired) electrons. The minimum atomic E-state index is -0.107. The summed E-state index contributed by atoms with van der Waals surface area (Å²) in [6.45, 7) is 0.914. The number of nitrogens with zero attached hydrogens (tertiary/aromatic N) is 5. The van der Waals surface area contributed by atoms with Crippen LogP contribution in [0.15, 0.2) is 57.5 Å². The molecule has 1 atom stereocenters. The van der Waals surface area contributed by atoms with Gasteiger partial charge in [0.25, 0.3) is 5.89 Å². The van der Waals surface area contributed by atoms with Gasteiger partial charge in [0.1, 0.15) is 11.9 Å². The SMILES string of the molecule is COc1ccc(C2Cn3nnc(-c4nc(-c5ccc(Br)cc5)no4)c3CO2)cc1. The van der Waals surface area contributed by atoms with Crippen LogP contribution in [0.4, 0.5) is 0 Å². The quantitative estimate of drug-likeness (QED) is 0.460. The van der Waals surface area contributed by atoms with Gasteiger partial charge in [0.05, 0.1) is 26.0 Å². The molecule has 0 spiro atoms. The molecule has 3 heterocycles. The van der Waals surface area contributed by atoms with Crippen molar-refractivity contribution in [2.24, 2.45) is 0 Å². The largest absolute Gasteiger partial charge is 0.497 e. The summed E-state index contributed by atoms with van der Waals surface area (Å²) < 4.78 is 19.5. The average Bonchev–Trinajstić information content (AvgIpc) is 3.41. The predicted octanol–water partition coefficient (Wildman–Crippen LogP) is 4.04. The van der Waals surface area contributed by atoms with Crippen LogP contribution < -0.4 is 4.74 Å². The highest BCUT2D eigenvalue weighted by atomic mass is 79.9. The minimum absolute atomic E-state index is 0.107. The van der Waals surface area contributed by atoms with Crippen molar-refractivity contribution in [2.45, 2.75) is 19.3 Å². The summed E-state index contributed by atoms with van der Waals surface area (Å²) in [7, 11) is 1.65. The highest BCUT2D eigenvalue weighted by Gasteiger charge is 2.28. The van der Waals surface area contributed by atoms with Crippen LogP contribution in [0.2, 0.25) is 0 Å². The summed E-state index contributed by atoms with van der Waals surface area (Å²) in [4.78, 5) is 4.48. The van der Waals surface area contributed by atoms with Crippen molar-refractivity contribution in [3.05, 3.63) is 64.3 Å². The lowest BCUT2D eigenvalue weighted by Gasteiger charge is -2.24. The highest BCUT2D eigenvalue weighted by Crippen LogP contribution is 2.31. The molecule has 0 N–H and O–H groups in total. The number of aromatic nitrogens is 5. The van der Waals surface area contributed by atoms with Crippen molar-refractivity contribution in [3.8, 4) is 28.7 Å². The third-order valence-corrected chi connectivity index (χ3v) is 5.34. The van der Waals surface area contributed by atoms with Gasteiger partial charge >= 0.3 is 0 Å². The van der Waals surface area contributed by atoms with Crippen molar-refractivity contribution in [2.75, 3.05) is 7.11 Å². The molecule has 8 nitrogen and oxygen atoms in total. The standard InChI is InChI=1S/C20H16BrN5O3/c1-27-15-8-4-12(5-9-15)17-10-26-16(11-28-17)18(23-25-26)20-22-19(24-29-20)13-2-6-14(21)7-3-13/h2-9,17H,10-11H2,1H3. The van der Waals surface area contributed by atoms with Gasteiger partial charge in [-0.3, -0.25) is 0 Å². The van der Waals surface area contributed by atoms with Gasteiger partial charge in [0.2, 0.25) is 5.82 Å². The topological polar surface area (TPSA) is 88.1 Å². The van der Waals surface area contributed by atoms with E-state index >= 15 is 0 Å². The van der Waals surface area contributed by atoms with Gasteiger partial charge < -0.3 is 14.0 Å². The van der Waals surface area contributed by atoms with E-state index in [-0.39, 0.29) is 6.10 Å². The number of fused-ring (bicyclic) bond motifs is 1. The highest BCUT2D eigenvalue weighted by molar-refractivity contribution is 9.10. The second kappa shape index (κ2) is 7.41. The second-order valence-electron chi connectivity index (χ2n) is 6.57. The van der Waals surface area contributed by atoms with E-state index in [1.807, 2.05) is 53.2 Å². The zero-order chi connectivity index (χ0) is 19.8. The summed E-state index contributed by atoms with van der Waals surface area (Å²) in [5.41, 5.74) is 3.29. The molecule has 2 aromatic carbocycles. The Hall–Kier alpha value is -3.04. The van der Waals surface area contributed by atoms with E-state index in [0.717, 1.165) is 27.0 Å². The zero-order valence-electron chi connectivity index (χ0n) is 15.4. The van der Waals surface area contributed by atoms with Gasteiger partial charge in [-0.05, 0) is 42.0 Å². The van der Waals surface area contributed by atoms with Crippen LogP contribution in [-0.2, 0) is 17.9 Å². The van der Waals surface area contributed by atoms with Gasteiger partial charge in [0, 0.05) is 10.0 Å². The monoisotopic (exact) mass is 453 g/mol. The Bertz CT molecular complexity index is 1140. The number of benzene rings is 2. The first-order valence-electron chi connectivity index (χ1n) is 8.99. The van der Waals surface area contributed by atoms with Gasteiger partial charge in [0.15, 0.2) is 5.69 Å². The van der Waals surface area contributed by atoms with Crippen molar-refractivity contribution in [1.29, 1.82) is 0 Å². The fraction of sp³-hybridized carbons (Fsp3) is 0.200. The molecule has 0 amide bonds. The summed E-state index contributed by atoms with van der Waals surface area (Å²) in [5.74, 6) is 1.64. The molecule has 2 aromatic heterocycles. The molecule has 1 unspecified atom stereocenters. The molecule has 4 aromatic rings. The van der Waals surface area contributed by atoms with E-state index in [1.165, 1.54) is 0 Å². The molecule has 9 heteroatoms. The molecule has 29 heavy (non-hydrogen) atoms. The van der Waals surface area contributed by atoms with Gasteiger partial charge in [-0.1, -0.05) is 38.4 Å². The Morgan fingerprint density at radius 3 is 2.66 bits per heavy atom. The van der Waals surface area contributed by atoms with Crippen molar-refractivity contribution in [3.63, 3.8) is 0 Å². The van der Waals surface area contributed by atoms with Crippen LogP contribution >= 0.6 is 15.9 Å². The molecule has 1 aliphatic rings. The van der Waals surface area contributed by atoms with Crippen LogP contribution in [0, 0.1) is 0 Å². The van der Waals surface area contributed by atoms with E-state index in [2.05, 4.69) is 36.4 Å². The maximum Gasteiger partial charge on any atom is 0.280 e. The third-order valence-electron chi connectivity index (χ3n) is 4.82. The molecule has 1 aliphatic heterocycles. The molecule has 5 rings (SSSR count). The van der Waals surface area contributed by atoms with E-state index in [4.69, 9.17) is 14.0 Å². The summed E-state index contributed by atoms with van der Waals surface area (Å²) in [6, 6.07) is 15.5. The Balaban J connectivity index is 1.38. The van der Waals surface area contributed by atoms with E-state index < -0.39 is 0 Å². The summed E-state index contributed by atoms with van der Waals surface area (Å²) >= 11 is 3.42. The number of methoxy groups -OCH3 is 1. The first-order valence-corrected chi connectivity index (χ1v) is 9.78. The van der Waals surface area contributed by atoms with E-state index in [1.54, 1.807) is 7.11 Å². The minimum Gasteiger partial charge on any atom is -0.497 e. The first-order chi connectivity index (χ1) is 14.2. The van der Waals surface area contributed by atoms with Gasteiger partial charge in [-0.2, -0.15) is 4.98 Å². The van der Waals surface area contributed by atoms with Crippen LogP contribution in [0.1, 0.15) is 17.4 Å². The first kappa shape index (κ1) is 18.0. The number of rotatable bonds is 4. The Labute approximate surface area is 174 Å². The lowest BCUT2D eigenvalue weighted by atomic mass is 10.1. The maximum atomic E-state index is 6.05. The second-order valence-corrected chi connectivity index (χ2v) is 7.49. The van der Waals surface area contributed by atoms with E-state index in [9.17, 15) is 0 Å². The van der Waals surface area contributed by atoms with Gasteiger partial charge in [-0.25, -0.2) is 4.68 Å². The number of halogens is 1. The summed E-state index contributed by atoms with van der Waals surface area (Å²) in [6.07, 6.45) is -0.107. The Kier molecular flexibility index (Phi) is 4.61. The third kappa shape index (κ3) is 3.43.